The molecule has 0 aliphatic heterocycles. The van der Waals surface area contributed by atoms with Crippen molar-refractivity contribution in [3.8, 4) is 0 Å². The third kappa shape index (κ3) is 2.47. The van der Waals surface area contributed by atoms with E-state index >= 15 is 0 Å². The lowest BCUT2D eigenvalue weighted by Crippen LogP contribution is -2.23. The van der Waals surface area contributed by atoms with Crippen molar-refractivity contribution in [1.82, 2.24) is 20.2 Å². The van der Waals surface area contributed by atoms with E-state index < -0.39 is 12.0 Å². The zero-order valence-corrected chi connectivity index (χ0v) is 9.32. The first-order valence-electron chi connectivity index (χ1n) is 5.19. The summed E-state index contributed by atoms with van der Waals surface area (Å²) in [6.07, 6.45) is 0.363. The molecule has 17 heavy (non-hydrogen) atoms. The lowest BCUT2D eigenvalue weighted by atomic mass is 10.1. The first kappa shape index (κ1) is 11.3. The van der Waals surface area contributed by atoms with E-state index in [4.69, 9.17) is 0 Å². The first-order valence-corrected chi connectivity index (χ1v) is 5.19. The number of benzene rings is 1. The number of carboxylic acids is 1. The Morgan fingerprint density at radius 1 is 1.41 bits per heavy atom. The van der Waals surface area contributed by atoms with Crippen LogP contribution in [0.2, 0.25) is 0 Å². The normalized spacial score (nSPS) is 12.3. The van der Waals surface area contributed by atoms with Crippen LogP contribution in [-0.4, -0.2) is 31.3 Å². The zero-order valence-electron chi connectivity index (χ0n) is 9.32. The molecule has 2 aromatic rings. The predicted molar refractivity (Wildman–Crippen MR) is 59.4 cm³/mol. The zero-order chi connectivity index (χ0) is 12.3. The van der Waals surface area contributed by atoms with Crippen LogP contribution in [0.3, 0.4) is 0 Å². The molecule has 0 fully saturated rings. The number of hydrogen-bond acceptors (Lipinski definition) is 4. The molecule has 0 spiro atoms. The Kier molecular flexibility index (Phi) is 3.13. The van der Waals surface area contributed by atoms with Gasteiger partial charge in [-0.3, -0.25) is 0 Å². The van der Waals surface area contributed by atoms with E-state index in [1.807, 2.05) is 30.3 Å². The maximum atomic E-state index is 11.2. The average Bonchev–Trinajstić information content (AvgIpc) is 2.73. The quantitative estimate of drug-likeness (QED) is 0.845. The Labute approximate surface area is 97.9 Å². The monoisotopic (exact) mass is 232 g/mol. The smallest absolute Gasteiger partial charge is 0.328 e. The van der Waals surface area contributed by atoms with Crippen LogP contribution in [0.25, 0.3) is 0 Å². The van der Waals surface area contributed by atoms with Gasteiger partial charge in [0.25, 0.3) is 0 Å². The fourth-order valence-corrected chi connectivity index (χ4v) is 1.64. The molecule has 1 heterocycles. The molecule has 0 saturated carbocycles. The summed E-state index contributed by atoms with van der Waals surface area (Å²) in [5, 5.41) is 20.1. The van der Waals surface area contributed by atoms with Crippen LogP contribution in [0.4, 0.5) is 0 Å². The van der Waals surface area contributed by atoms with Crippen LogP contribution < -0.4 is 0 Å². The summed E-state index contributed by atoms with van der Waals surface area (Å²) in [6.45, 7) is 1.68. The van der Waals surface area contributed by atoms with Gasteiger partial charge in [0.15, 0.2) is 6.04 Å². The van der Waals surface area contributed by atoms with Crippen LogP contribution in [0, 0.1) is 6.92 Å². The third-order valence-electron chi connectivity index (χ3n) is 2.51. The molecule has 6 heteroatoms. The molecule has 1 N–H and O–H groups in total. The number of hydrogen-bond donors (Lipinski definition) is 1. The number of carbonyl (C=O) groups is 1. The van der Waals surface area contributed by atoms with E-state index in [2.05, 4.69) is 15.5 Å². The number of aliphatic carboxylic acids is 1. The standard InChI is InChI=1S/C11H12N4O2/c1-8-12-13-14-15(8)10(11(16)17)7-9-5-3-2-4-6-9/h2-6,10H,7H2,1H3,(H,16,17)/t10-/m0/s1. The fraction of sp³-hybridized carbons (Fsp3) is 0.273. The second-order valence-electron chi connectivity index (χ2n) is 3.71. The SMILES string of the molecule is Cc1nnnn1[C@@H](Cc1ccccc1)C(=O)O. The number of tetrazole rings is 1. The fourth-order valence-electron chi connectivity index (χ4n) is 1.64. The van der Waals surface area contributed by atoms with Gasteiger partial charge in [0, 0.05) is 6.42 Å². The molecule has 0 bridgehead atoms. The van der Waals surface area contributed by atoms with Crippen LogP contribution in [0.1, 0.15) is 17.4 Å². The summed E-state index contributed by atoms with van der Waals surface area (Å²) in [6, 6.07) is 8.64. The Morgan fingerprint density at radius 2 is 2.12 bits per heavy atom. The van der Waals surface area contributed by atoms with Crippen molar-refractivity contribution < 1.29 is 9.90 Å². The van der Waals surface area contributed by atoms with Crippen LogP contribution in [0.5, 0.6) is 0 Å². The van der Waals surface area contributed by atoms with Gasteiger partial charge in [-0.25, -0.2) is 9.48 Å². The summed E-state index contributed by atoms with van der Waals surface area (Å²) in [7, 11) is 0. The second kappa shape index (κ2) is 4.73. The van der Waals surface area contributed by atoms with Crippen molar-refractivity contribution in [1.29, 1.82) is 0 Å². The Balaban J connectivity index is 2.26. The summed E-state index contributed by atoms with van der Waals surface area (Å²) in [4.78, 5) is 11.2. The summed E-state index contributed by atoms with van der Waals surface area (Å²) < 4.78 is 1.33. The number of aryl methyl sites for hydroxylation is 1. The Morgan fingerprint density at radius 3 is 2.65 bits per heavy atom. The van der Waals surface area contributed by atoms with E-state index in [0.29, 0.717) is 12.2 Å². The van der Waals surface area contributed by atoms with Crippen molar-refractivity contribution in [3.63, 3.8) is 0 Å². The van der Waals surface area contributed by atoms with E-state index in [1.165, 1.54) is 4.68 Å². The molecular weight excluding hydrogens is 220 g/mol. The van der Waals surface area contributed by atoms with E-state index in [0.717, 1.165) is 5.56 Å². The number of rotatable bonds is 4. The van der Waals surface area contributed by atoms with Crippen LogP contribution >= 0.6 is 0 Å². The molecular formula is C11H12N4O2. The molecule has 88 valence electrons. The maximum Gasteiger partial charge on any atom is 0.328 e. The van der Waals surface area contributed by atoms with E-state index in [1.54, 1.807) is 6.92 Å². The van der Waals surface area contributed by atoms with Crippen molar-refractivity contribution in [2.45, 2.75) is 19.4 Å². The predicted octanol–water partition coefficient (Wildman–Crippen LogP) is 0.850. The molecule has 0 aliphatic carbocycles. The minimum Gasteiger partial charge on any atom is -0.480 e. The van der Waals surface area contributed by atoms with Gasteiger partial charge in [0.2, 0.25) is 0 Å². The molecule has 0 unspecified atom stereocenters. The largest absolute Gasteiger partial charge is 0.480 e. The van der Waals surface area contributed by atoms with E-state index in [-0.39, 0.29) is 0 Å². The maximum absolute atomic E-state index is 11.2. The van der Waals surface area contributed by atoms with Crippen molar-refractivity contribution >= 4 is 5.97 Å². The topological polar surface area (TPSA) is 80.9 Å². The van der Waals surface area contributed by atoms with Crippen LogP contribution in [0.15, 0.2) is 30.3 Å². The van der Waals surface area contributed by atoms with Crippen molar-refractivity contribution in [2.24, 2.45) is 0 Å². The van der Waals surface area contributed by atoms with Gasteiger partial charge >= 0.3 is 5.97 Å². The highest BCUT2D eigenvalue weighted by atomic mass is 16.4. The van der Waals surface area contributed by atoms with Crippen molar-refractivity contribution in [2.75, 3.05) is 0 Å². The van der Waals surface area contributed by atoms with Gasteiger partial charge in [-0.1, -0.05) is 30.3 Å². The first-order chi connectivity index (χ1) is 8.18. The lowest BCUT2D eigenvalue weighted by Gasteiger charge is -2.12. The van der Waals surface area contributed by atoms with Gasteiger partial charge in [0.1, 0.15) is 5.82 Å². The summed E-state index contributed by atoms with van der Waals surface area (Å²) >= 11 is 0. The Bertz CT molecular complexity index is 509. The summed E-state index contributed by atoms with van der Waals surface area (Å²) in [5.41, 5.74) is 0.940. The molecule has 1 atom stereocenters. The third-order valence-corrected chi connectivity index (χ3v) is 2.51. The molecule has 6 nitrogen and oxygen atoms in total. The van der Waals surface area contributed by atoms with Gasteiger partial charge < -0.3 is 5.11 Å². The van der Waals surface area contributed by atoms with Gasteiger partial charge in [0.05, 0.1) is 0 Å². The molecule has 2 rings (SSSR count). The van der Waals surface area contributed by atoms with Gasteiger partial charge in [-0.15, -0.1) is 5.10 Å². The van der Waals surface area contributed by atoms with Crippen LogP contribution in [-0.2, 0) is 11.2 Å². The molecule has 0 saturated heterocycles. The minimum atomic E-state index is -0.941. The lowest BCUT2D eigenvalue weighted by molar-refractivity contribution is -0.141. The molecule has 1 aromatic heterocycles. The average molecular weight is 232 g/mol. The molecule has 0 amide bonds. The number of nitrogens with zero attached hydrogens (tertiary/aromatic N) is 4. The second-order valence-corrected chi connectivity index (χ2v) is 3.71. The van der Waals surface area contributed by atoms with E-state index in [9.17, 15) is 9.90 Å². The Hall–Kier alpha value is -2.24. The van der Waals surface area contributed by atoms with Gasteiger partial charge in [-0.2, -0.15) is 0 Å². The highest BCUT2D eigenvalue weighted by molar-refractivity contribution is 5.72. The summed E-state index contributed by atoms with van der Waals surface area (Å²) in [5.74, 6) is -0.447. The molecule has 0 aliphatic rings. The van der Waals surface area contributed by atoms with Gasteiger partial charge in [-0.05, 0) is 22.9 Å². The van der Waals surface area contributed by atoms with Crippen molar-refractivity contribution in [3.05, 3.63) is 41.7 Å². The number of carboxylic acid groups (broad SMARTS) is 1. The number of aromatic nitrogens is 4. The molecule has 1 aromatic carbocycles. The highest BCUT2D eigenvalue weighted by Gasteiger charge is 2.23. The highest BCUT2D eigenvalue weighted by Crippen LogP contribution is 2.14. The molecule has 0 radical (unpaired) electrons. The minimum absolute atomic E-state index is 0.363.